The minimum Gasteiger partial charge on any atom is -0.302 e. The number of aromatic nitrogens is 5. The number of halogens is 1. The minimum atomic E-state index is -0.516. The first-order chi connectivity index (χ1) is 9.31. The lowest BCUT2D eigenvalue weighted by Crippen LogP contribution is -2.02. The van der Waals surface area contributed by atoms with Crippen LogP contribution in [-0.2, 0) is 0 Å². The van der Waals surface area contributed by atoms with Crippen LogP contribution >= 0.6 is 11.8 Å². The van der Waals surface area contributed by atoms with E-state index < -0.39 is 5.95 Å². The van der Waals surface area contributed by atoms with E-state index in [9.17, 15) is 4.39 Å². The third-order valence-corrected chi connectivity index (χ3v) is 4.24. The average Bonchev–Trinajstić information content (AvgIpc) is 3.30. The fraction of sp³-hybridized carbons (Fsp3) is 0.500. The van der Waals surface area contributed by atoms with Crippen molar-refractivity contribution in [2.75, 3.05) is 0 Å². The zero-order valence-electron chi connectivity index (χ0n) is 10.2. The van der Waals surface area contributed by atoms with E-state index in [0.29, 0.717) is 17.0 Å². The van der Waals surface area contributed by atoms with E-state index >= 15 is 0 Å². The van der Waals surface area contributed by atoms with E-state index in [1.165, 1.54) is 49.8 Å². The summed E-state index contributed by atoms with van der Waals surface area (Å²) in [6.07, 6.45) is 6.01. The first-order valence-corrected chi connectivity index (χ1v) is 7.23. The fourth-order valence-electron chi connectivity index (χ4n) is 2.12. The molecule has 0 aliphatic heterocycles. The van der Waals surface area contributed by atoms with Gasteiger partial charge in [0.15, 0.2) is 5.16 Å². The van der Waals surface area contributed by atoms with Crippen LogP contribution in [0.2, 0.25) is 0 Å². The molecule has 0 N–H and O–H groups in total. The molecule has 0 atom stereocenters. The Hall–Kier alpha value is -1.50. The number of hydrogen-bond donors (Lipinski definition) is 0. The SMILES string of the molecule is Fc1cc(Sc2nnc(C3CC3)n2C2CC2)ncn1. The Labute approximate surface area is 113 Å². The van der Waals surface area contributed by atoms with Crippen LogP contribution in [0.4, 0.5) is 4.39 Å². The lowest BCUT2D eigenvalue weighted by molar-refractivity contribution is 0.572. The molecule has 0 saturated heterocycles. The second-order valence-corrected chi connectivity index (χ2v) is 5.98. The summed E-state index contributed by atoms with van der Waals surface area (Å²) >= 11 is 1.36. The summed E-state index contributed by atoms with van der Waals surface area (Å²) in [4.78, 5) is 7.52. The lowest BCUT2D eigenvalue weighted by Gasteiger charge is -2.07. The van der Waals surface area contributed by atoms with Gasteiger partial charge in [-0.05, 0) is 37.4 Å². The van der Waals surface area contributed by atoms with Gasteiger partial charge in [0, 0.05) is 18.0 Å². The van der Waals surface area contributed by atoms with Crippen LogP contribution in [0.3, 0.4) is 0 Å². The monoisotopic (exact) mass is 277 g/mol. The van der Waals surface area contributed by atoms with Gasteiger partial charge in [0.25, 0.3) is 0 Å². The molecule has 2 aliphatic rings. The molecule has 4 rings (SSSR count). The molecule has 0 aromatic carbocycles. The van der Waals surface area contributed by atoms with Gasteiger partial charge < -0.3 is 4.57 Å². The van der Waals surface area contributed by atoms with Crippen LogP contribution in [0.15, 0.2) is 22.6 Å². The Morgan fingerprint density at radius 2 is 2.00 bits per heavy atom. The summed E-state index contributed by atoms with van der Waals surface area (Å²) in [7, 11) is 0. The van der Waals surface area contributed by atoms with Crippen molar-refractivity contribution in [3.8, 4) is 0 Å². The number of hydrogen-bond acceptors (Lipinski definition) is 5. The van der Waals surface area contributed by atoms with Crippen LogP contribution in [-0.4, -0.2) is 24.7 Å². The molecule has 2 fully saturated rings. The van der Waals surface area contributed by atoms with E-state index in [-0.39, 0.29) is 0 Å². The summed E-state index contributed by atoms with van der Waals surface area (Å²) in [6, 6.07) is 1.85. The summed E-state index contributed by atoms with van der Waals surface area (Å²) in [5, 5.41) is 9.96. The van der Waals surface area contributed by atoms with Gasteiger partial charge >= 0.3 is 0 Å². The van der Waals surface area contributed by atoms with Crippen molar-refractivity contribution in [2.45, 2.75) is 47.8 Å². The molecular formula is C12H12FN5S. The highest BCUT2D eigenvalue weighted by molar-refractivity contribution is 7.99. The molecule has 19 heavy (non-hydrogen) atoms. The summed E-state index contributed by atoms with van der Waals surface area (Å²) < 4.78 is 15.3. The molecule has 0 radical (unpaired) electrons. The van der Waals surface area contributed by atoms with Gasteiger partial charge in [-0.1, -0.05) is 0 Å². The maximum absolute atomic E-state index is 13.1. The zero-order chi connectivity index (χ0) is 12.8. The minimum absolute atomic E-state index is 0.516. The van der Waals surface area contributed by atoms with Crippen molar-refractivity contribution >= 4 is 11.8 Å². The third-order valence-electron chi connectivity index (χ3n) is 3.35. The van der Waals surface area contributed by atoms with E-state index in [0.717, 1.165) is 11.0 Å². The van der Waals surface area contributed by atoms with E-state index in [4.69, 9.17) is 0 Å². The van der Waals surface area contributed by atoms with Crippen molar-refractivity contribution in [3.05, 3.63) is 24.2 Å². The van der Waals surface area contributed by atoms with Crippen molar-refractivity contribution in [1.82, 2.24) is 24.7 Å². The molecule has 0 amide bonds. The van der Waals surface area contributed by atoms with E-state index in [2.05, 4.69) is 24.7 Å². The summed E-state index contributed by atoms with van der Waals surface area (Å²) in [5.74, 6) is 1.15. The van der Waals surface area contributed by atoms with Crippen LogP contribution in [0, 0.1) is 5.95 Å². The molecule has 2 aromatic heterocycles. The molecule has 7 heteroatoms. The van der Waals surface area contributed by atoms with Gasteiger partial charge in [-0.15, -0.1) is 10.2 Å². The zero-order valence-corrected chi connectivity index (χ0v) is 11.0. The van der Waals surface area contributed by atoms with Crippen molar-refractivity contribution in [1.29, 1.82) is 0 Å². The Balaban J connectivity index is 1.67. The van der Waals surface area contributed by atoms with Crippen LogP contribution < -0.4 is 0 Å². The molecular weight excluding hydrogens is 265 g/mol. The largest absolute Gasteiger partial charge is 0.302 e. The highest BCUT2D eigenvalue weighted by Gasteiger charge is 2.36. The lowest BCUT2D eigenvalue weighted by atomic mass is 10.4. The second-order valence-electron chi connectivity index (χ2n) is 5.00. The van der Waals surface area contributed by atoms with Gasteiger partial charge in [0.2, 0.25) is 5.95 Å². The normalized spacial score (nSPS) is 18.8. The predicted octanol–water partition coefficient (Wildman–Crippen LogP) is 2.57. The molecule has 2 heterocycles. The van der Waals surface area contributed by atoms with Crippen molar-refractivity contribution < 1.29 is 4.39 Å². The molecule has 2 aromatic rings. The van der Waals surface area contributed by atoms with Crippen LogP contribution in [0.1, 0.15) is 43.5 Å². The van der Waals surface area contributed by atoms with E-state index in [1.807, 2.05) is 0 Å². The topological polar surface area (TPSA) is 56.5 Å². The Morgan fingerprint density at radius 1 is 1.16 bits per heavy atom. The van der Waals surface area contributed by atoms with Crippen molar-refractivity contribution in [3.63, 3.8) is 0 Å². The molecule has 98 valence electrons. The first-order valence-electron chi connectivity index (χ1n) is 6.41. The molecule has 0 unspecified atom stereocenters. The van der Waals surface area contributed by atoms with Gasteiger partial charge in [0.1, 0.15) is 17.2 Å². The quantitative estimate of drug-likeness (QED) is 0.804. The van der Waals surface area contributed by atoms with Gasteiger partial charge in [-0.3, -0.25) is 0 Å². The smallest absolute Gasteiger partial charge is 0.217 e. The summed E-state index contributed by atoms with van der Waals surface area (Å²) in [6.45, 7) is 0. The van der Waals surface area contributed by atoms with Crippen LogP contribution in [0.25, 0.3) is 0 Å². The summed E-state index contributed by atoms with van der Waals surface area (Å²) in [5.41, 5.74) is 0. The van der Waals surface area contributed by atoms with Crippen molar-refractivity contribution in [2.24, 2.45) is 0 Å². The number of nitrogens with zero attached hydrogens (tertiary/aromatic N) is 5. The Morgan fingerprint density at radius 3 is 2.68 bits per heavy atom. The van der Waals surface area contributed by atoms with E-state index in [1.54, 1.807) is 0 Å². The maximum atomic E-state index is 13.1. The highest BCUT2D eigenvalue weighted by atomic mass is 32.2. The molecule has 0 bridgehead atoms. The molecule has 5 nitrogen and oxygen atoms in total. The molecule has 0 spiro atoms. The fourth-order valence-corrected chi connectivity index (χ4v) is 2.99. The van der Waals surface area contributed by atoms with Gasteiger partial charge in [-0.2, -0.15) is 4.39 Å². The predicted molar refractivity (Wildman–Crippen MR) is 66.4 cm³/mol. The number of rotatable bonds is 4. The first kappa shape index (κ1) is 11.3. The Kier molecular flexibility index (Phi) is 2.54. The third kappa shape index (κ3) is 2.22. The average molecular weight is 277 g/mol. The van der Waals surface area contributed by atoms with Crippen LogP contribution in [0.5, 0.6) is 0 Å². The standard InChI is InChI=1S/C12H12FN5S/c13-9-5-10(15-6-14-9)19-12-17-16-11(7-1-2-7)18(12)8-3-4-8/h5-8H,1-4H2. The molecule has 2 saturated carbocycles. The second kappa shape index (κ2) is 4.26. The maximum Gasteiger partial charge on any atom is 0.217 e. The van der Waals surface area contributed by atoms with Gasteiger partial charge in [-0.25, -0.2) is 9.97 Å². The molecule has 2 aliphatic carbocycles. The highest BCUT2D eigenvalue weighted by Crippen LogP contribution is 2.46. The van der Waals surface area contributed by atoms with Gasteiger partial charge in [0.05, 0.1) is 0 Å². The Bertz CT molecular complexity index is 620.